The number of nitrogens with one attached hydrogen (secondary N) is 2. The molecule has 172 valence electrons. The number of rotatable bonds is 10. The van der Waals surface area contributed by atoms with Crippen LogP contribution in [-0.2, 0) is 14.8 Å². The second-order valence-corrected chi connectivity index (χ2v) is 9.87. The number of fused-ring (bicyclic) bond motifs is 1. The van der Waals surface area contributed by atoms with Crippen LogP contribution in [0.25, 0.3) is 0 Å². The SMILES string of the molecule is O=C(CCCCCN=C1NS(=O)(=O)c2ccccc21)NCC(c1ccco1)N1CCCC1. The first kappa shape index (κ1) is 22.5. The lowest BCUT2D eigenvalue weighted by Gasteiger charge is -2.26. The number of unbranched alkanes of at least 4 members (excludes halogenated alkanes) is 2. The molecule has 0 bridgehead atoms. The van der Waals surface area contributed by atoms with E-state index < -0.39 is 10.0 Å². The number of amides is 1. The molecule has 2 aromatic rings. The summed E-state index contributed by atoms with van der Waals surface area (Å²) in [6, 6.07) is 10.8. The number of likely N-dealkylation sites (tertiary alicyclic amines) is 1. The minimum atomic E-state index is -3.49. The summed E-state index contributed by atoms with van der Waals surface area (Å²) in [7, 11) is -3.49. The number of hydrogen-bond donors (Lipinski definition) is 2. The summed E-state index contributed by atoms with van der Waals surface area (Å²) in [4.78, 5) is 19.4. The highest BCUT2D eigenvalue weighted by Crippen LogP contribution is 2.25. The van der Waals surface area contributed by atoms with E-state index in [-0.39, 0.29) is 16.8 Å². The van der Waals surface area contributed by atoms with E-state index in [1.807, 2.05) is 12.1 Å². The van der Waals surface area contributed by atoms with Gasteiger partial charge in [0, 0.05) is 25.1 Å². The number of amidine groups is 1. The van der Waals surface area contributed by atoms with Crippen molar-refractivity contribution in [3.8, 4) is 0 Å². The predicted molar refractivity (Wildman–Crippen MR) is 122 cm³/mol. The van der Waals surface area contributed by atoms with Crippen molar-refractivity contribution in [3.05, 3.63) is 54.0 Å². The van der Waals surface area contributed by atoms with Crippen LogP contribution >= 0.6 is 0 Å². The van der Waals surface area contributed by atoms with E-state index in [0.29, 0.717) is 30.9 Å². The molecule has 1 unspecified atom stereocenters. The fourth-order valence-electron chi connectivity index (χ4n) is 4.26. The Morgan fingerprint density at radius 3 is 2.72 bits per heavy atom. The third-order valence-corrected chi connectivity index (χ3v) is 7.34. The van der Waals surface area contributed by atoms with Crippen LogP contribution in [0.4, 0.5) is 0 Å². The van der Waals surface area contributed by atoms with Crippen molar-refractivity contribution in [1.82, 2.24) is 14.9 Å². The van der Waals surface area contributed by atoms with E-state index in [4.69, 9.17) is 4.42 Å². The first-order valence-electron chi connectivity index (χ1n) is 11.3. The van der Waals surface area contributed by atoms with Crippen LogP contribution in [-0.4, -0.2) is 51.2 Å². The Labute approximate surface area is 189 Å². The maximum Gasteiger partial charge on any atom is 0.263 e. The Balaban J connectivity index is 1.17. The molecule has 1 saturated heterocycles. The molecule has 1 aromatic carbocycles. The van der Waals surface area contributed by atoms with Gasteiger partial charge in [-0.25, -0.2) is 8.42 Å². The molecule has 2 aliphatic heterocycles. The van der Waals surface area contributed by atoms with Crippen molar-refractivity contribution in [2.45, 2.75) is 49.5 Å². The molecule has 9 heteroatoms. The summed E-state index contributed by atoms with van der Waals surface area (Å²) in [5.41, 5.74) is 0.621. The number of hydrogen-bond acceptors (Lipinski definition) is 6. The minimum absolute atomic E-state index is 0.0459. The number of benzene rings is 1. The fraction of sp³-hybridized carbons (Fsp3) is 0.478. The molecule has 1 amide bonds. The molecule has 0 radical (unpaired) electrons. The summed E-state index contributed by atoms with van der Waals surface area (Å²) in [6.45, 7) is 3.14. The number of carbonyl (C=O) groups is 1. The topological polar surface area (TPSA) is 104 Å². The monoisotopic (exact) mass is 458 g/mol. The summed E-state index contributed by atoms with van der Waals surface area (Å²) in [5.74, 6) is 1.35. The molecular weight excluding hydrogens is 428 g/mol. The highest BCUT2D eigenvalue weighted by Gasteiger charge is 2.30. The van der Waals surface area contributed by atoms with Crippen LogP contribution in [0.15, 0.2) is 57.0 Å². The van der Waals surface area contributed by atoms with E-state index in [1.54, 1.807) is 30.5 Å². The van der Waals surface area contributed by atoms with Gasteiger partial charge in [0.05, 0.1) is 17.2 Å². The zero-order valence-electron chi connectivity index (χ0n) is 18.1. The highest BCUT2D eigenvalue weighted by atomic mass is 32.2. The molecular formula is C23H30N4O4S. The zero-order chi connectivity index (χ0) is 22.4. The number of nitrogens with zero attached hydrogens (tertiary/aromatic N) is 2. The molecule has 0 saturated carbocycles. The van der Waals surface area contributed by atoms with Crippen molar-refractivity contribution in [2.24, 2.45) is 4.99 Å². The number of furan rings is 1. The second kappa shape index (κ2) is 10.3. The molecule has 4 rings (SSSR count). The summed E-state index contributed by atoms with van der Waals surface area (Å²) < 4.78 is 32.3. The predicted octanol–water partition coefficient (Wildman–Crippen LogP) is 2.83. The van der Waals surface area contributed by atoms with Crippen molar-refractivity contribution < 1.29 is 17.6 Å². The largest absolute Gasteiger partial charge is 0.468 e. The van der Waals surface area contributed by atoms with E-state index >= 15 is 0 Å². The first-order chi connectivity index (χ1) is 15.5. The summed E-state index contributed by atoms with van der Waals surface area (Å²) >= 11 is 0. The molecule has 1 aromatic heterocycles. The lowest BCUT2D eigenvalue weighted by molar-refractivity contribution is -0.121. The van der Waals surface area contributed by atoms with Gasteiger partial charge in [-0.1, -0.05) is 18.6 Å². The third-order valence-electron chi connectivity index (χ3n) is 5.94. The van der Waals surface area contributed by atoms with Crippen molar-refractivity contribution in [1.29, 1.82) is 0 Å². The average molecular weight is 459 g/mol. The molecule has 1 atom stereocenters. The lowest BCUT2D eigenvalue weighted by atomic mass is 10.1. The van der Waals surface area contributed by atoms with Crippen molar-refractivity contribution >= 4 is 21.8 Å². The molecule has 8 nitrogen and oxygen atoms in total. The Hall–Kier alpha value is -2.65. The maximum absolute atomic E-state index is 12.3. The summed E-state index contributed by atoms with van der Waals surface area (Å²) in [6.07, 6.45) is 6.93. The quantitative estimate of drug-likeness (QED) is 0.533. The molecule has 0 spiro atoms. The van der Waals surface area contributed by atoms with E-state index in [2.05, 4.69) is 19.9 Å². The van der Waals surface area contributed by atoms with Crippen LogP contribution in [0.2, 0.25) is 0 Å². The van der Waals surface area contributed by atoms with Crippen LogP contribution in [0.3, 0.4) is 0 Å². The average Bonchev–Trinajstić information content (AvgIpc) is 3.54. The Morgan fingerprint density at radius 1 is 1.12 bits per heavy atom. The molecule has 2 N–H and O–H groups in total. The van der Waals surface area contributed by atoms with Gasteiger partial charge in [-0.2, -0.15) is 0 Å². The Kier molecular flexibility index (Phi) is 7.26. The molecule has 0 aliphatic carbocycles. The lowest BCUT2D eigenvalue weighted by Crippen LogP contribution is -2.36. The highest BCUT2D eigenvalue weighted by molar-refractivity contribution is 7.90. The van der Waals surface area contributed by atoms with Crippen LogP contribution in [0, 0.1) is 0 Å². The first-order valence-corrected chi connectivity index (χ1v) is 12.7. The third kappa shape index (κ3) is 5.39. The van der Waals surface area contributed by atoms with E-state index in [0.717, 1.165) is 38.1 Å². The van der Waals surface area contributed by atoms with Gasteiger partial charge in [-0.05, 0) is 63.0 Å². The Bertz CT molecular complexity index is 1040. The van der Waals surface area contributed by atoms with Gasteiger partial charge in [0.2, 0.25) is 5.91 Å². The molecule has 3 heterocycles. The van der Waals surface area contributed by atoms with Gasteiger partial charge < -0.3 is 9.73 Å². The molecule has 2 aliphatic rings. The summed E-state index contributed by atoms with van der Waals surface area (Å²) in [5, 5.41) is 3.06. The molecule has 32 heavy (non-hydrogen) atoms. The number of sulfonamides is 1. The van der Waals surface area contributed by atoms with Crippen LogP contribution < -0.4 is 10.0 Å². The molecule has 1 fully saturated rings. The second-order valence-electron chi connectivity index (χ2n) is 8.22. The fourth-order valence-corrected chi connectivity index (χ4v) is 5.51. The van der Waals surface area contributed by atoms with Gasteiger partial charge in [-0.3, -0.25) is 19.4 Å². The number of carbonyl (C=O) groups excluding carboxylic acids is 1. The van der Waals surface area contributed by atoms with E-state index in [1.165, 1.54) is 12.8 Å². The van der Waals surface area contributed by atoms with Gasteiger partial charge in [0.25, 0.3) is 10.0 Å². The van der Waals surface area contributed by atoms with Crippen LogP contribution in [0.1, 0.15) is 55.9 Å². The smallest absolute Gasteiger partial charge is 0.263 e. The van der Waals surface area contributed by atoms with Gasteiger partial charge in [-0.15, -0.1) is 0 Å². The van der Waals surface area contributed by atoms with Crippen LogP contribution in [0.5, 0.6) is 0 Å². The Morgan fingerprint density at radius 2 is 1.94 bits per heavy atom. The number of aliphatic imine (C=N–C) groups is 1. The van der Waals surface area contributed by atoms with Gasteiger partial charge in [0.15, 0.2) is 0 Å². The standard InChI is InChI=1S/C23H30N4O4S/c28-22(25-17-19(20-10-8-16-31-20)27-14-6-7-15-27)12-2-1-5-13-24-23-18-9-3-4-11-21(18)32(29,30)26-23/h3-4,8-11,16,19H,1-2,5-7,12-15,17H2,(H,24,26)(H,25,28). The minimum Gasteiger partial charge on any atom is -0.468 e. The normalized spacial score (nSPS) is 19.6. The van der Waals surface area contributed by atoms with Gasteiger partial charge in [0.1, 0.15) is 11.6 Å². The zero-order valence-corrected chi connectivity index (χ0v) is 18.9. The van der Waals surface area contributed by atoms with Crippen molar-refractivity contribution in [2.75, 3.05) is 26.2 Å². The van der Waals surface area contributed by atoms with E-state index in [9.17, 15) is 13.2 Å². The van der Waals surface area contributed by atoms with Crippen molar-refractivity contribution in [3.63, 3.8) is 0 Å². The van der Waals surface area contributed by atoms with Gasteiger partial charge >= 0.3 is 0 Å². The maximum atomic E-state index is 12.3.